The van der Waals surface area contributed by atoms with Crippen LogP contribution >= 0.6 is 24.0 Å². The van der Waals surface area contributed by atoms with Crippen LogP contribution in [0.15, 0.2) is 53.4 Å². The van der Waals surface area contributed by atoms with Gasteiger partial charge in [-0.2, -0.15) is 0 Å². The van der Waals surface area contributed by atoms with Crippen molar-refractivity contribution in [2.75, 3.05) is 6.54 Å². The molecule has 1 fully saturated rings. The molecule has 0 saturated carbocycles. The topological polar surface area (TPSA) is 72.7 Å². The molecule has 1 saturated heterocycles. The Balaban J connectivity index is 1.65. The van der Waals surface area contributed by atoms with Crippen molar-refractivity contribution >= 4 is 46.0 Å². The van der Waals surface area contributed by atoms with Crippen LogP contribution in [0.4, 0.5) is 5.69 Å². The number of amides is 1. The highest BCUT2D eigenvalue weighted by atomic mass is 32.2. The summed E-state index contributed by atoms with van der Waals surface area (Å²) in [7, 11) is 0. The van der Waals surface area contributed by atoms with Crippen molar-refractivity contribution in [1.82, 2.24) is 4.90 Å². The summed E-state index contributed by atoms with van der Waals surface area (Å²) in [5.74, 6) is 0.568. The number of likely N-dealkylation sites (N-methyl/N-ethyl adjacent to an activating group) is 1. The van der Waals surface area contributed by atoms with Crippen LogP contribution in [-0.4, -0.2) is 26.6 Å². The van der Waals surface area contributed by atoms with Gasteiger partial charge in [0.15, 0.2) is 0 Å². The number of thioether (sulfide) groups is 1. The van der Waals surface area contributed by atoms with E-state index in [0.717, 1.165) is 11.1 Å². The quantitative estimate of drug-likeness (QED) is 0.310. The van der Waals surface area contributed by atoms with Gasteiger partial charge in [-0.3, -0.25) is 19.8 Å². The van der Waals surface area contributed by atoms with Crippen LogP contribution in [0.2, 0.25) is 0 Å². The Hall–Kier alpha value is -2.71. The Labute approximate surface area is 166 Å². The number of ether oxygens (including phenoxy) is 1. The van der Waals surface area contributed by atoms with Gasteiger partial charge in [0.25, 0.3) is 11.6 Å². The first-order valence-electron chi connectivity index (χ1n) is 8.19. The van der Waals surface area contributed by atoms with Crippen molar-refractivity contribution in [2.45, 2.75) is 13.5 Å². The van der Waals surface area contributed by atoms with E-state index in [0.29, 0.717) is 21.5 Å². The number of nitrogens with zero attached hydrogens (tertiary/aromatic N) is 2. The van der Waals surface area contributed by atoms with Crippen LogP contribution < -0.4 is 4.74 Å². The maximum absolute atomic E-state index is 12.2. The number of non-ortho nitro benzene ring substituents is 1. The molecule has 0 spiro atoms. The Morgan fingerprint density at radius 3 is 2.63 bits per heavy atom. The SMILES string of the molecule is CCN1C(=O)/C(=C/c2ccc(OCc3cccc([N+](=O)[O-])c3)cc2)SC1=S. The molecule has 2 aromatic rings. The number of hydrogen-bond donors (Lipinski definition) is 0. The summed E-state index contributed by atoms with van der Waals surface area (Å²) in [5.41, 5.74) is 1.63. The summed E-state index contributed by atoms with van der Waals surface area (Å²) >= 11 is 6.50. The van der Waals surface area contributed by atoms with Crippen molar-refractivity contribution in [3.8, 4) is 5.75 Å². The number of carbonyl (C=O) groups is 1. The lowest BCUT2D eigenvalue weighted by Gasteiger charge is -2.09. The molecule has 1 aliphatic heterocycles. The van der Waals surface area contributed by atoms with Crippen molar-refractivity contribution in [1.29, 1.82) is 0 Å². The third-order valence-corrected chi connectivity index (χ3v) is 5.27. The van der Waals surface area contributed by atoms with Gasteiger partial charge in [-0.05, 0) is 36.3 Å². The van der Waals surface area contributed by atoms with E-state index in [1.54, 1.807) is 35.2 Å². The van der Waals surface area contributed by atoms with Gasteiger partial charge in [0, 0.05) is 18.7 Å². The minimum atomic E-state index is -0.431. The predicted molar refractivity (Wildman–Crippen MR) is 109 cm³/mol. The van der Waals surface area contributed by atoms with E-state index in [1.807, 2.05) is 19.1 Å². The zero-order valence-corrected chi connectivity index (χ0v) is 16.1. The molecule has 8 heteroatoms. The molecule has 138 valence electrons. The third-order valence-electron chi connectivity index (χ3n) is 3.89. The molecule has 1 aliphatic rings. The minimum Gasteiger partial charge on any atom is -0.489 e. The second kappa shape index (κ2) is 8.32. The van der Waals surface area contributed by atoms with Gasteiger partial charge in [-0.25, -0.2) is 0 Å². The standard InChI is InChI=1S/C19H16N2O4S2/c1-2-20-18(22)17(27-19(20)26)11-13-6-8-16(9-7-13)25-12-14-4-3-5-15(10-14)21(23)24/h3-11H,2,12H2,1H3/b17-11-. The average molecular weight is 400 g/mol. The van der Waals surface area contributed by atoms with Gasteiger partial charge in [0.2, 0.25) is 0 Å². The number of nitro groups is 1. The van der Waals surface area contributed by atoms with Crippen LogP contribution in [-0.2, 0) is 11.4 Å². The van der Waals surface area contributed by atoms with Crippen LogP contribution in [0.5, 0.6) is 5.75 Å². The first kappa shape index (κ1) is 19.1. The molecular formula is C19H16N2O4S2. The fourth-order valence-electron chi connectivity index (χ4n) is 2.51. The lowest BCUT2D eigenvalue weighted by Crippen LogP contribution is -2.27. The van der Waals surface area contributed by atoms with E-state index in [-0.39, 0.29) is 18.2 Å². The fraction of sp³-hybridized carbons (Fsp3) is 0.158. The molecule has 0 aromatic heterocycles. The molecule has 3 rings (SSSR count). The highest BCUT2D eigenvalue weighted by Gasteiger charge is 2.30. The normalized spacial score (nSPS) is 15.4. The Morgan fingerprint density at radius 2 is 2.00 bits per heavy atom. The van der Waals surface area contributed by atoms with Gasteiger partial charge in [0.05, 0.1) is 9.83 Å². The lowest BCUT2D eigenvalue weighted by atomic mass is 10.2. The molecule has 0 unspecified atom stereocenters. The van der Waals surface area contributed by atoms with Crippen molar-refractivity contribution < 1.29 is 14.5 Å². The molecule has 27 heavy (non-hydrogen) atoms. The molecule has 0 radical (unpaired) electrons. The van der Waals surface area contributed by atoms with Crippen LogP contribution in [0, 0.1) is 10.1 Å². The van der Waals surface area contributed by atoms with E-state index in [9.17, 15) is 14.9 Å². The summed E-state index contributed by atoms with van der Waals surface area (Å²) in [6.45, 7) is 2.68. The summed E-state index contributed by atoms with van der Waals surface area (Å²) in [6, 6.07) is 13.6. The number of hydrogen-bond acceptors (Lipinski definition) is 6. The molecule has 1 amide bonds. The molecule has 0 N–H and O–H groups in total. The average Bonchev–Trinajstić information content (AvgIpc) is 2.94. The maximum Gasteiger partial charge on any atom is 0.269 e. The Kier molecular flexibility index (Phi) is 5.88. The molecule has 2 aromatic carbocycles. The number of benzene rings is 2. The van der Waals surface area contributed by atoms with E-state index in [2.05, 4.69) is 0 Å². The Bertz CT molecular complexity index is 926. The van der Waals surface area contributed by atoms with Gasteiger partial charge < -0.3 is 4.74 Å². The molecular weight excluding hydrogens is 384 g/mol. The molecule has 0 bridgehead atoms. The lowest BCUT2D eigenvalue weighted by molar-refractivity contribution is -0.384. The van der Waals surface area contributed by atoms with Crippen LogP contribution in [0.1, 0.15) is 18.1 Å². The highest BCUT2D eigenvalue weighted by molar-refractivity contribution is 8.26. The van der Waals surface area contributed by atoms with Crippen LogP contribution in [0.3, 0.4) is 0 Å². The summed E-state index contributed by atoms with van der Waals surface area (Å²) in [5, 5.41) is 10.8. The third kappa shape index (κ3) is 4.53. The molecule has 1 heterocycles. The van der Waals surface area contributed by atoms with E-state index in [4.69, 9.17) is 17.0 Å². The second-order valence-electron chi connectivity index (χ2n) is 5.71. The monoisotopic (exact) mass is 400 g/mol. The first-order chi connectivity index (χ1) is 13.0. The molecule has 6 nitrogen and oxygen atoms in total. The minimum absolute atomic E-state index is 0.0378. The van der Waals surface area contributed by atoms with Crippen LogP contribution in [0.25, 0.3) is 6.08 Å². The molecule has 0 aliphatic carbocycles. The van der Waals surface area contributed by atoms with Gasteiger partial charge in [-0.15, -0.1) is 0 Å². The van der Waals surface area contributed by atoms with Gasteiger partial charge >= 0.3 is 0 Å². The number of nitro benzene ring substituents is 1. The fourth-order valence-corrected chi connectivity index (χ4v) is 3.89. The number of thiocarbonyl (C=S) groups is 1. The largest absolute Gasteiger partial charge is 0.489 e. The summed E-state index contributed by atoms with van der Waals surface area (Å²) in [6.07, 6.45) is 1.80. The predicted octanol–water partition coefficient (Wildman–Crippen LogP) is 4.39. The van der Waals surface area contributed by atoms with Crippen molar-refractivity contribution in [3.63, 3.8) is 0 Å². The zero-order valence-electron chi connectivity index (χ0n) is 14.5. The van der Waals surface area contributed by atoms with E-state index >= 15 is 0 Å². The number of rotatable bonds is 6. The van der Waals surface area contributed by atoms with Gasteiger partial charge in [0.1, 0.15) is 16.7 Å². The zero-order chi connectivity index (χ0) is 19.4. The second-order valence-corrected chi connectivity index (χ2v) is 7.39. The summed E-state index contributed by atoms with van der Waals surface area (Å²) < 4.78 is 6.25. The first-order valence-corrected chi connectivity index (χ1v) is 9.42. The summed E-state index contributed by atoms with van der Waals surface area (Å²) in [4.78, 5) is 24.8. The number of carbonyl (C=O) groups excluding carboxylic acids is 1. The van der Waals surface area contributed by atoms with Crippen molar-refractivity contribution in [3.05, 3.63) is 74.7 Å². The molecule has 0 atom stereocenters. The maximum atomic E-state index is 12.2. The highest BCUT2D eigenvalue weighted by Crippen LogP contribution is 2.32. The Morgan fingerprint density at radius 1 is 1.26 bits per heavy atom. The van der Waals surface area contributed by atoms with E-state index < -0.39 is 4.92 Å². The smallest absolute Gasteiger partial charge is 0.269 e. The van der Waals surface area contributed by atoms with E-state index in [1.165, 1.54) is 23.9 Å². The van der Waals surface area contributed by atoms with Gasteiger partial charge in [-0.1, -0.05) is 48.2 Å². The van der Waals surface area contributed by atoms with Crippen molar-refractivity contribution in [2.24, 2.45) is 0 Å².